The zero-order valence-corrected chi connectivity index (χ0v) is 14.3. The Balaban J connectivity index is 4.78. The third-order valence-corrected chi connectivity index (χ3v) is 5.13. The Bertz CT molecular complexity index is 157. The van der Waals surface area contributed by atoms with E-state index in [0.29, 0.717) is 5.41 Å². The predicted octanol–water partition coefficient (Wildman–Crippen LogP) is 6.72. The molecule has 0 saturated carbocycles. The first-order valence-corrected chi connectivity index (χ1v) is 8.41. The van der Waals surface area contributed by atoms with Crippen molar-refractivity contribution in [2.75, 3.05) is 0 Å². The standard InChI is InChI=1S/C16H33Br/c1-6-9-12-16(13-10-7-2,14-11-8-3)15(4,5)17/h6-14H2,1-5H3. The highest BCUT2D eigenvalue weighted by molar-refractivity contribution is 9.10. The summed E-state index contributed by atoms with van der Waals surface area (Å²) in [5.41, 5.74) is 0.509. The van der Waals surface area contributed by atoms with Crippen molar-refractivity contribution in [3.8, 4) is 0 Å². The van der Waals surface area contributed by atoms with E-state index < -0.39 is 0 Å². The van der Waals surface area contributed by atoms with Gasteiger partial charge in [-0.3, -0.25) is 0 Å². The maximum absolute atomic E-state index is 3.99. The molecule has 0 spiro atoms. The van der Waals surface area contributed by atoms with Crippen LogP contribution in [-0.4, -0.2) is 4.32 Å². The van der Waals surface area contributed by atoms with E-state index in [1.807, 2.05) is 0 Å². The lowest BCUT2D eigenvalue weighted by molar-refractivity contribution is 0.153. The smallest absolute Gasteiger partial charge is 0.0257 e. The van der Waals surface area contributed by atoms with Crippen LogP contribution in [0.15, 0.2) is 0 Å². The molecule has 0 aliphatic carbocycles. The first kappa shape index (κ1) is 17.5. The Morgan fingerprint density at radius 2 is 1.00 bits per heavy atom. The first-order chi connectivity index (χ1) is 7.93. The molecule has 104 valence electrons. The van der Waals surface area contributed by atoms with Gasteiger partial charge in [0.2, 0.25) is 0 Å². The van der Waals surface area contributed by atoms with Gasteiger partial charge >= 0.3 is 0 Å². The third kappa shape index (κ3) is 5.77. The Kier molecular flexibility index (Phi) is 8.80. The lowest BCUT2D eigenvalue weighted by Crippen LogP contribution is -2.39. The Morgan fingerprint density at radius 1 is 0.706 bits per heavy atom. The summed E-state index contributed by atoms with van der Waals surface area (Å²) in [6.45, 7) is 11.7. The molecule has 0 unspecified atom stereocenters. The molecule has 0 rings (SSSR count). The van der Waals surface area contributed by atoms with Crippen LogP contribution >= 0.6 is 15.9 Å². The number of unbranched alkanes of at least 4 members (excludes halogenated alkanes) is 3. The topological polar surface area (TPSA) is 0 Å². The van der Waals surface area contributed by atoms with Gasteiger partial charge in [-0.2, -0.15) is 0 Å². The molecule has 0 saturated heterocycles. The van der Waals surface area contributed by atoms with Crippen molar-refractivity contribution < 1.29 is 0 Å². The Morgan fingerprint density at radius 3 is 1.18 bits per heavy atom. The number of alkyl halides is 1. The van der Waals surface area contributed by atoms with Gasteiger partial charge in [-0.1, -0.05) is 75.2 Å². The minimum absolute atomic E-state index is 0.277. The van der Waals surface area contributed by atoms with E-state index in [1.165, 1.54) is 57.8 Å². The summed E-state index contributed by atoms with van der Waals surface area (Å²) in [5.74, 6) is 0. The van der Waals surface area contributed by atoms with Gasteiger partial charge in [0, 0.05) is 4.32 Å². The molecule has 0 nitrogen and oxygen atoms in total. The molecule has 0 radical (unpaired) electrons. The summed E-state index contributed by atoms with van der Waals surface area (Å²) in [7, 11) is 0. The summed E-state index contributed by atoms with van der Waals surface area (Å²) < 4.78 is 0.277. The van der Waals surface area contributed by atoms with Gasteiger partial charge in [-0.05, 0) is 38.5 Å². The van der Waals surface area contributed by atoms with Crippen LogP contribution in [0.5, 0.6) is 0 Å². The zero-order valence-electron chi connectivity index (χ0n) is 12.7. The van der Waals surface area contributed by atoms with E-state index in [0.717, 1.165) is 0 Å². The van der Waals surface area contributed by atoms with Crippen LogP contribution < -0.4 is 0 Å². The molecule has 0 aliphatic rings. The van der Waals surface area contributed by atoms with Crippen LogP contribution in [0.2, 0.25) is 0 Å². The minimum Gasteiger partial charge on any atom is -0.0853 e. The highest BCUT2D eigenvalue weighted by atomic mass is 79.9. The molecular formula is C16H33Br. The van der Waals surface area contributed by atoms with Crippen LogP contribution in [0.25, 0.3) is 0 Å². The molecule has 0 fully saturated rings. The maximum atomic E-state index is 3.99. The molecule has 0 N–H and O–H groups in total. The number of hydrogen-bond donors (Lipinski definition) is 0. The average Bonchev–Trinajstić information content (AvgIpc) is 2.27. The molecule has 17 heavy (non-hydrogen) atoms. The third-order valence-electron chi connectivity index (χ3n) is 4.29. The predicted molar refractivity (Wildman–Crippen MR) is 84.0 cm³/mol. The van der Waals surface area contributed by atoms with Gasteiger partial charge in [-0.15, -0.1) is 0 Å². The Labute approximate surface area is 118 Å². The lowest BCUT2D eigenvalue weighted by Gasteiger charge is -2.44. The van der Waals surface area contributed by atoms with Gasteiger partial charge in [0.15, 0.2) is 0 Å². The van der Waals surface area contributed by atoms with E-state index in [1.54, 1.807) is 0 Å². The average molecular weight is 305 g/mol. The number of hydrogen-bond acceptors (Lipinski definition) is 0. The summed E-state index contributed by atoms with van der Waals surface area (Å²) in [6, 6.07) is 0. The molecule has 0 atom stereocenters. The fourth-order valence-electron chi connectivity index (χ4n) is 2.81. The molecule has 0 amide bonds. The number of rotatable bonds is 10. The van der Waals surface area contributed by atoms with Gasteiger partial charge in [0.1, 0.15) is 0 Å². The van der Waals surface area contributed by atoms with Crippen molar-refractivity contribution in [1.82, 2.24) is 0 Å². The molecule has 1 heteroatoms. The van der Waals surface area contributed by atoms with Crippen LogP contribution in [-0.2, 0) is 0 Å². The first-order valence-electron chi connectivity index (χ1n) is 7.62. The van der Waals surface area contributed by atoms with Gasteiger partial charge in [0.05, 0.1) is 0 Å². The van der Waals surface area contributed by atoms with Gasteiger partial charge in [0.25, 0.3) is 0 Å². The van der Waals surface area contributed by atoms with Crippen LogP contribution in [0.1, 0.15) is 92.4 Å². The second kappa shape index (κ2) is 8.56. The van der Waals surface area contributed by atoms with Gasteiger partial charge < -0.3 is 0 Å². The molecular weight excluding hydrogens is 272 g/mol. The minimum atomic E-state index is 0.277. The van der Waals surface area contributed by atoms with E-state index >= 15 is 0 Å². The van der Waals surface area contributed by atoms with Crippen molar-refractivity contribution >= 4 is 15.9 Å². The summed E-state index contributed by atoms with van der Waals surface area (Å²) in [5, 5.41) is 0. The number of halogens is 1. The van der Waals surface area contributed by atoms with Gasteiger partial charge in [-0.25, -0.2) is 0 Å². The van der Waals surface area contributed by atoms with E-state index in [9.17, 15) is 0 Å². The summed E-state index contributed by atoms with van der Waals surface area (Å²) in [6.07, 6.45) is 12.3. The van der Waals surface area contributed by atoms with Crippen molar-refractivity contribution in [1.29, 1.82) is 0 Å². The van der Waals surface area contributed by atoms with Crippen molar-refractivity contribution in [2.45, 2.75) is 96.7 Å². The van der Waals surface area contributed by atoms with E-state index in [4.69, 9.17) is 0 Å². The summed E-state index contributed by atoms with van der Waals surface area (Å²) >= 11 is 3.99. The summed E-state index contributed by atoms with van der Waals surface area (Å²) in [4.78, 5) is 0. The largest absolute Gasteiger partial charge is 0.0853 e. The zero-order chi connectivity index (χ0) is 13.4. The second-order valence-electron chi connectivity index (χ2n) is 6.06. The normalized spacial score (nSPS) is 13.1. The molecule has 0 aromatic rings. The van der Waals surface area contributed by atoms with E-state index in [2.05, 4.69) is 50.5 Å². The fourth-order valence-corrected chi connectivity index (χ4v) is 3.41. The molecule has 0 aliphatic heterocycles. The van der Waals surface area contributed by atoms with Crippen molar-refractivity contribution in [3.63, 3.8) is 0 Å². The second-order valence-corrected chi connectivity index (χ2v) is 8.05. The van der Waals surface area contributed by atoms with Crippen LogP contribution in [0.3, 0.4) is 0 Å². The molecule has 0 aromatic heterocycles. The lowest BCUT2D eigenvalue weighted by atomic mass is 9.67. The van der Waals surface area contributed by atoms with Crippen LogP contribution in [0.4, 0.5) is 0 Å². The maximum Gasteiger partial charge on any atom is 0.0257 e. The molecule has 0 heterocycles. The van der Waals surface area contributed by atoms with E-state index in [-0.39, 0.29) is 4.32 Å². The van der Waals surface area contributed by atoms with Crippen molar-refractivity contribution in [3.05, 3.63) is 0 Å². The quantitative estimate of drug-likeness (QED) is 0.393. The SMILES string of the molecule is CCCCC(CCCC)(CCCC)C(C)(C)Br. The monoisotopic (exact) mass is 304 g/mol. The fraction of sp³-hybridized carbons (Fsp3) is 1.00. The molecule has 0 bridgehead atoms. The van der Waals surface area contributed by atoms with Crippen LogP contribution in [0, 0.1) is 5.41 Å². The van der Waals surface area contributed by atoms with Crippen molar-refractivity contribution in [2.24, 2.45) is 5.41 Å². The highest BCUT2D eigenvalue weighted by Crippen LogP contribution is 2.49. The highest BCUT2D eigenvalue weighted by Gasteiger charge is 2.41. The molecule has 0 aromatic carbocycles. The Hall–Kier alpha value is 0.480.